The van der Waals surface area contributed by atoms with Crippen LogP contribution in [0.2, 0.25) is 0 Å². The van der Waals surface area contributed by atoms with Crippen LogP contribution in [0.4, 0.5) is 5.69 Å². The van der Waals surface area contributed by atoms with Crippen LogP contribution < -0.4 is 5.32 Å². The molecule has 0 fully saturated rings. The van der Waals surface area contributed by atoms with Gasteiger partial charge in [0.05, 0.1) is 5.69 Å². The van der Waals surface area contributed by atoms with Crippen LogP contribution in [-0.2, 0) is 24.2 Å². The smallest absolute Gasteiger partial charge is 0.244 e. The molecule has 0 bridgehead atoms. The maximum absolute atomic E-state index is 12.3. The van der Waals surface area contributed by atoms with Gasteiger partial charge in [-0.15, -0.1) is 0 Å². The number of benzene rings is 1. The van der Waals surface area contributed by atoms with E-state index in [4.69, 9.17) is 0 Å². The molecular formula is C17H21N3O. The van der Waals surface area contributed by atoms with Crippen LogP contribution in [0.3, 0.4) is 0 Å². The number of aromatic nitrogens is 2. The number of rotatable bonds is 3. The summed E-state index contributed by atoms with van der Waals surface area (Å²) in [5.74, 6) is 0.958. The molecule has 1 aromatic heterocycles. The average molecular weight is 283 g/mol. The van der Waals surface area contributed by atoms with Crippen molar-refractivity contribution in [1.29, 1.82) is 0 Å². The summed E-state index contributed by atoms with van der Waals surface area (Å²) in [5.41, 5.74) is 4.39. The Labute approximate surface area is 125 Å². The van der Waals surface area contributed by atoms with Crippen molar-refractivity contribution in [3.05, 3.63) is 47.0 Å². The zero-order valence-electron chi connectivity index (χ0n) is 12.6. The molecule has 4 nitrogen and oxygen atoms in total. The molecule has 2 aromatic rings. The number of imidazole rings is 1. The zero-order chi connectivity index (χ0) is 14.8. The Hall–Kier alpha value is -2.10. The van der Waals surface area contributed by atoms with Crippen molar-refractivity contribution in [3.63, 3.8) is 0 Å². The molecule has 110 valence electrons. The fraction of sp³-hybridized carbons (Fsp3) is 0.412. The highest BCUT2D eigenvalue weighted by molar-refractivity contribution is 5.91. The van der Waals surface area contributed by atoms with Gasteiger partial charge in [0.15, 0.2) is 0 Å². The number of hydrogen-bond acceptors (Lipinski definition) is 2. The molecule has 0 aliphatic heterocycles. The quantitative estimate of drug-likeness (QED) is 0.941. The van der Waals surface area contributed by atoms with Crippen LogP contribution in [0, 0.1) is 13.8 Å². The molecule has 0 spiro atoms. The SMILES string of the molecule is Cc1ccccc1NC(=O)Cn1c(C)nc2c1CCCC2. The van der Waals surface area contributed by atoms with Gasteiger partial charge in [-0.1, -0.05) is 18.2 Å². The Morgan fingerprint density at radius 2 is 2.00 bits per heavy atom. The Morgan fingerprint density at radius 1 is 1.24 bits per heavy atom. The van der Waals surface area contributed by atoms with E-state index in [1.54, 1.807) is 0 Å². The minimum Gasteiger partial charge on any atom is -0.324 e. The summed E-state index contributed by atoms with van der Waals surface area (Å²) in [6.45, 7) is 4.34. The predicted octanol–water partition coefficient (Wildman–Crippen LogP) is 3.02. The third-order valence-electron chi connectivity index (χ3n) is 4.14. The lowest BCUT2D eigenvalue weighted by Gasteiger charge is -2.15. The predicted molar refractivity (Wildman–Crippen MR) is 83.4 cm³/mol. The molecule has 0 unspecified atom stereocenters. The van der Waals surface area contributed by atoms with E-state index in [0.29, 0.717) is 6.54 Å². The lowest BCUT2D eigenvalue weighted by Crippen LogP contribution is -2.22. The van der Waals surface area contributed by atoms with E-state index >= 15 is 0 Å². The largest absolute Gasteiger partial charge is 0.324 e. The average Bonchev–Trinajstić information content (AvgIpc) is 2.78. The van der Waals surface area contributed by atoms with Gasteiger partial charge in [-0.2, -0.15) is 0 Å². The maximum Gasteiger partial charge on any atom is 0.244 e. The fourth-order valence-electron chi connectivity index (χ4n) is 2.99. The van der Waals surface area contributed by atoms with Gasteiger partial charge >= 0.3 is 0 Å². The third-order valence-corrected chi connectivity index (χ3v) is 4.14. The summed E-state index contributed by atoms with van der Waals surface area (Å²) in [4.78, 5) is 16.9. The number of amides is 1. The topological polar surface area (TPSA) is 46.9 Å². The second-order valence-corrected chi connectivity index (χ2v) is 5.71. The highest BCUT2D eigenvalue weighted by Gasteiger charge is 2.19. The highest BCUT2D eigenvalue weighted by Crippen LogP contribution is 2.22. The normalized spacial score (nSPS) is 13.8. The van der Waals surface area contributed by atoms with Crippen molar-refractivity contribution >= 4 is 11.6 Å². The number of anilines is 1. The zero-order valence-corrected chi connectivity index (χ0v) is 12.6. The summed E-state index contributed by atoms with van der Waals surface area (Å²) < 4.78 is 2.07. The van der Waals surface area contributed by atoms with Gasteiger partial charge in [0, 0.05) is 11.4 Å². The molecule has 4 heteroatoms. The Balaban J connectivity index is 1.76. The van der Waals surface area contributed by atoms with Crippen LogP contribution >= 0.6 is 0 Å². The van der Waals surface area contributed by atoms with E-state index < -0.39 is 0 Å². The molecule has 0 saturated carbocycles. The molecule has 1 amide bonds. The molecule has 0 radical (unpaired) electrons. The first kappa shape index (κ1) is 13.9. The number of hydrogen-bond donors (Lipinski definition) is 1. The first-order chi connectivity index (χ1) is 10.1. The van der Waals surface area contributed by atoms with Crippen molar-refractivity contribution < 1.29 is 4.79 Å². The van der Waals surface area contributed by atoms with E-state index in [1.807, 2.05) is 38.1 Å². The van der Waals surface area contributed by atoms with Gasteiger partial charge in [0.1, 0.15) is 12.4 Å². The van der Waals surface area contributed by atoms with Crippen molar-refractivity contribution in [2.75, 3.05) is 5.32 Å². The van der Waals surface area contributed by atoms with Gasteiger partial charge < -0.3 is 9.88 Å². The molecule has 1 aliphatic carbocycles. The lowest BCUT2D eigenvalue weighted by atomic mass is 10.0. The Morgan fingerprint density at radius 3 is 2.81 bits per heavy atom. The minimum absolute atomic E-state index is 0.0122. The third kappa shape index (κ3) is 2.84. The van der Waals surface area contributed by atoms with Crippen molar-refractivity contribution in [3.8, 4) is 0 Å². The van der Waals surface area contributed by atoms with Crippen molar-refractivity contribution in [2.45, 2.75) is 46.1 Å². The van der Waals surface area contributed by atoms with Crippen LogP contribution in [0.1, 0.15) is 35.6 Å². The molecule has 0 atom stereocenters. The van der Waals surface area contributed by atoms with Gasteiger partial charge in [-0.05, 0) is 51.2 Å². The first-order valence-electron chi connectivity index (χ1n) is 7.55. The standard InChI is InChI=1S/C17H21N3O/c1-12-7-3-4-8-14(12)19-17(21)11-20-13(2)18-15-9-5-6-10-16(15)20/h3-4,7-8H,5-6,9-11H2,1-2H3,(H,19,21). The van der Waals surface area contributed by atoms with Gasteiger partial charge in [-0.3, -0.25) is 4.79 Å². The summed E-state index contributed by atoms with van der Waals surface area (Å²) >= 11 is 0. The summed E-state index contributed by atoms with van der Waals surface area (Å²) in [6, 6.07) is 7.84. The van der Waals surface area contributed by atoms with Crippen LogP contribution in [0.15, 0.2) is 24.3 Å². The number of aryl methyl sites for hydroxylation is 3. The Kier molecular flexibility index (Phi) is 3.78. The molecule has 3 rings (SSSR count). The summed E-state index contributed by atoms with van der Waals surface area (Å²) in [5, 5.41) is 2.99. The lowest BCUT2D eigenvalue weighted by molar-refractivity contribution is -0.116. The summed E-state index contributed by atoms with van der Waals surface area (Å²) in [6.07, 6.45) is 4.48. The first-order valence-corrected chi connectivity index (χ1v) is 7.55. The van der Waals surface area contributed by atoms with Gasteiger partial charge in [0.25, 0.3) is 0 Å². The number of nitrogens with one attached hydrogen (secondary N) is 1. The maximum atomic E-state index is 12.3. The van der Waals surface area contributed by atoms with Gasteiger partial charge in [0.2, 0.25) is 5.91 Å². The Bertz CT molecular complexity index is 673. The van der Waals surface area contributed by atoms with E-state index in [9.17, 15) is 4.79 Å². The molecule has 0 saturated heterocycles. The fourth-order valence-corrected chi connectivity index (χ4v) is 2.99. The van der Waals surface area contributed by atoms with Crippen molar-refractivity contribution in [1.82, 2.24) is 9.55 Å². The number of carbonyl (C=O) groups is 1. The van der Waals surface area contributed by atoms with E-state index in [0.717, 1.165) is 29.9 Å². The minimum atomic E-state index is 0.0122. The van der Waals surface area contributed by atoms with Crippen LogP contribution in [0.25, 0.3) is 0 Å². The molecule has 1 N–H and O–H groups in total. The van der Waals surface area contributed by atoms with E-state index in [-0.39, 0.29) is 5.91 Å². The highest BCUT2D eigenvalue weighted by atomic mass is 16.1. The van der Waals surface area contributed by atoms with Crippen LogP contribution in [0.5, 0.6) is 0 Å². The number of carbonyl (C=O) groups excluding carboxylic acids is 1. The monoisotopic (exact) mass is 283 g/mol. The van der Waals surface area contributed by atoms with E-state index in [2.05, 4.69) is 14.9 Å². The molecule has 1 aromatic carbocycles. The number of nitrogens with zero attached hydrogens (tertiary/aromatic N) is 2. The molecule has 1 heterocycles. The molecular weight excluding hydrogens is 262 g/mol. The van der Waals surface area contributed by atoms with Gasteiger partial charge in [-0.25, -0.2) is 4.98 Å². The second-order valence-electron chi connectivity index (χ2n) is 5.71. The second kappa shape index (κ2) is 5.72. The molecule has 1 aliphatic rings. The molecule has 21 heavy (non-hydrogen) atoms. The van der Waals surface area contributed by atoms with E-state index in [1.165, 1.54) is 24.2 Å². The number of para-hydroxylation sites is 1. The van der Waals surface area contributed by atoms with Crippen LogP contribution in [-0.4, -0.2) is 15.5 Å². The summed E-state index contributed by atoms with van der Waals surface area (Å²) in [7, 11) is 0. The number of fused-ring (bicyclic) bond motifs is 1. The van der Waals surface area contributed by atoms with Crippen molar-refractivity contribution in [2.24, 2.45) is 0 Å².